The second kappa shape index (κ2) is 3.89. The van der Waals surface area contributed by atoms with Crippen LogP contribution in [0.5, 0.6) is 0 Å². The van der Waals surface area contributed by atoms with E-state index in [1.165, 1.54) is 12.8 Å². The lowest BCUT2D eigenvalue weighted by atomic mass is 9.93. The normalized spacial score (nSPS) is 32.1. The number of nitrogens with one attached hydrogen (secondary N) is 1. The van der Waals surface area contributed by atoms with Gasteiger partial charge in [-0.15, -0.1) is 0 Å². The highest BCUT2D eigenvalue weighted by atomic mass is 16.2. The van der Waals surface area contributed by atoms with Gasteiger partial charge in [-0.2, -0.15) is 0 Å². The Morgan fingerprint density at radius 1 is 1.43 bits per heavy atom. The van der Waals surface area contributed by atoms with Crippen LogP contribution in [0.1, 0.15) is 26.7 Å². The molecule has 0 bridgehead atoms. The van der Waals surface area contributed by atoms with Crippen LogP contribution in [0.3, 0.4) is 0 Å². The average molecular weight is 196 g/mol. The Bertz CT molecular complexity index is 227. The maximum atomic E-state index is 11.9. The van der Waals surface area contributed by atoms with Crippen molar-refractivity contribution in [2.24, 2.45) is 11.8 Å². The van der Waals surface area contributed by atoms with Crippen molar-refractivity contribution in [1.82, 2.24) is 10.2 Å². The quantitative estimate of drug-likeness (QED) is 0.674. The predicted molar refractivity (Wildman–Crippen MR) is 55.9 cm³/mol. The van der Waals surface area contributed by atoms with Crippen LogP contribution in [-0.2, 0) is 4.79 Å². The monoisotopic (exact) mass is 196 g/mol. The summed E-state index contributed by atoms with van der Waals surface area (Å²) in [5, 5.41) is 3.39. The second-order valence-electron chi connectivity index (χ2n) is 4.80. The summed E-state index contributed by atoms with van der Waals surface area (Å²) >= 11 is 0. The highest BCUT2D eigenvalue weighted by Gasteiger charge is 2.38. The molecule has 2 aliphatic rings. The van der Waals surface area contributed by atoms with Crippen LogP contribution >= 0.6 is 0 Å². The molecule has 3 nitrogen and oxygen atoms in total. The Labute approximate surface area is 85.8 Å². The number of fused-ring (bicyclic) bond motifs is 1. The smallest absolute Gasteiger partial charge is 0.225 e. The van der Waals surface area contributed by atoms with Gasteiger partial charge >= 0.3 is 0 Å². The van der Waals surface area contributed by atoms with Gasteiger partial charge in [0.05, 0.1) is 0 Å². The first-order valence-corrected chi connectivity index (χ1v) is 5.71. The number of nitrogens with zero attached hydrogens (tertiary/aromatic N) is 1. The minimum Gasteiger partial charge on any atom is -0.338 e. The summed E-state index contributed by atoms with van der Waals surface area (Å²) in [6.07, 6.45) is 2.46. The maximum Gasteiger partial charge on any atom is 0.225 e. The lowest BCUT2D eigenvalue weighted by Crippen LogP contribution is -2.49. The van der Waals surface area contributed by atoms with Gasteiger partial charge in [0.2, 0.25) is 5.91 Å². The van der Waals surface area contributed by atoms with Crippen molar-refractivity contribution in [3.05, 3.63) is 0 Å². The zero-order chi connectivity index (χ0) is 10.1. The van der Waals surface area contributed by atoms with Gasteiger partial charge in [-0.25, -0.2) is 0 Å². The van der Waals surface area contributed by atoms with Crippen LogP contribution in [0.4, 0.5) is 0 Å². The van der Waals surface area contributed by atoms with Crippen LogP contribution in [0.15, 0.2) is 0 Å². The average Bonchev–Trinajstić information content (AvgIpc) is 2.60. The predicted octanol–water partition coefficient (Wildman–Crippen LogP) is 0.853. The number of likely N-dealkylation sites (tertiary alicyclic amines) is 1. The molecule has 0 aromatic heterocycles. The van der Waals surface area contributed by atoms with E-state index in [2.05, 4.69) is 10.2 Å². The van der Waals surface area contributed by atoms with Crippen LogP contribution < -0.4 is 5.32 Å². The fourth-order valence-electron chi connectivity index (χ4n) is 2.67. The van der Waals surface area contributed by atoms with Crippen molar-refractivity contribution in [3.63, 3.8) is 0 Å². The number of rotatable bonds is 1. The van der Waals surface area contributed by atoms with Gasteiger partial charge in [0, 0.05) is 25.0 Å². The zero-order valence-electron chi connectivity index (χ0n) is 9.12. The van der Waals surface area contributed by atoms with Crippen LogP contribution in [-0.4, -0.2) is 36.5 Å². The van der Waals surface area contributed by atoms with E-state index in [0.29, 0.717) is 11.9 Å². The molecule has 80 valence electrons. The van der Waals surface area contributed by atoms with Crippen molar-refractivity contribution in [2.45, 2.75) is 32.7 Å². The fraction of sp³-hybridized carbons (Fsp3) is 0.909. The number of hydrogen-bond donors (Lipinski definition) is 1. The number of carbonyl (C=O) groups is 1. The van der Waals surface area contributed by atoms with Crippen molar-refractivity contribution < 1.29 is 4.79 Å². The van der Waals surface area contributed by atoms with E-state index in [1.54, 1.807) is 0 Å². The molecule has 1 N–H and O–H groups in total. The Morgan fingerprint density at radius 3 is 2.93 bits per heavy atom. The Hall–Kier alpha value is -0.570. The standard InChI is InChI=1S/C11H20N2O/c1-8(2)11(14)13-6-4-9-3-5-12-7-10(9)13/h8-10,12H,3-7H2,1-2H3/t9-,10-/m1/s1. The molecule has 0 aromatic rings. The second-order valence-corrected chi connectivity index (χ2v) is 4.80. The van der Waals surface area contributed by atoms with Crippen molar-refractivity contribution in [2.75, 3.05) is 19.6 Å². The van der Waals surface area contributed by atoms with E-state index in [0.717, 1.165) is 25.6 Å². The third kappa shape index (κ3) is 1.65. The molecule has 14 heavy (non-hydrogen) atoms. The Balaban J connectivity index is 2.03. The molecule has 0 aromatic carbocycles. The van der Waals surface area contributed by atoms with Crippen LogP contribution in [0.2, 0.25) is 0 Å². The molecule has 1 amide bonds. The first-order chi connectivity index (χ1) is 6.70. The third-order valence-corrected chi connectivity index (χ3v) is 3.51. The van der Waals surface area contributed by atoms with Gasteiger partial charge in [0.15, 0.2) is 0 Å². The topological polar surface area (TPSA) is 32.3 Å². The molecule has 2 aliphatic heterocycles. The summed E-state index contributed by atoms with van der Waals surface area (Å²) in [4.78, 5) is 14.0. The highest BCUT2D eigenvalue weighted by molar-refractivity contribution is 5.78. The first kappa shape index (κ1) is 9.97. The van der Waals surface area contributed by atoms with Gasteiger partial charge in [-0.3, -0.25) is 4.79 Å². The molecule has 2 rings (SSSR count). The molecule has 0 aliphatic carbocycles. The van der Waals surface area contributed by atoms with Gasteiger partial charge < -0.3 is 10.2 Å². The zero-order valence-corrected chi connectivity index (χ0v) is 9.12. The molecule has 3 heteroatoms. The van der Waals surface area contributed by atoms with Crippen molar-refractivity contribution >= 4 is 5.91 Å². The van der Waals surface area contributed by atoms with E-state index < -0.39 is 0 Å². The van der Waals surface area contributed by atoms with Crippen molar-refractivity contribution in [3.8, 4) is 0 Å². The van der Waals surface area contributed by atoms with Gasteiger partial charge in [-0.1, -0.05) is 13.8 Å². The molecule has 2 heterocycles. The molecular weight excluding hydrogens is 176 g/mol. The number of amides is 1. The largest absolute Gasteiger partial charge is 0.338 e. The summed E-state index contributed by atoms with van der Waals surface area (Å²) in [7, 11) is 0. The van der Waals surface area contributed by atoms with E-state index in [1.807, 2.05) is 13.8 Å². The molecule has 0 saturated carbocycles. The van der Waals surface area contributed by atoms with Crippen LogP contribution in [0, 0.1) is 11.8 Å². The van der Waals surface area contributed by atoms with E-state index in [-0.39, 0.29) is 5.92 Å². The Kier molecular flexibility index (Phi) is 2.77. The highest BCUT2D eigenvalue weighted by Crippen LogP contribution is 2.29. The lowest BCUT2D eigenvalue weighted by Gasteiger charge is -2.33. The molecule has 2 fully saturated rings. The van der Waals surface area contributed by atoms with Gasteiger partial charge in [0.25, 0.3) is 0 Å². The summed E-state index contributed by atoms with van der Waals surface area (Å²) in [5.41, 5.74) is 0. The fourth-order valence-corrected chi connectivity index (χ4v) is 2.67. The summed E-state index contributed by atoms with van der Waals surface area (Å²) < 4.78 is 0. The third-order valence-electron chi connectivity index (χ3n) is 3.51. The van der Waals surface area contributed by atoms with Crippen molar-refractivity contribution in [1.29, 1.82) is 0 Å². The van der Waals surface area contributed by atoms with Gasteiger partial charge in [-0.05, 0) is 25.3 Å². The van der Waals surface area contributed by atoms with Crippen LogP contribution in [0.25, 0.3) is 0 Å². The lowest BCUT2D eigenvalue weighted by molar-refractivity contribution is -0.135. The number of carbonyl (C=O) groups excluding carboxylic acids is 1. The first-order valence-electron chi connectivity index (χ1n) is 5.71. The Morgan fingerprint density at radius 2 is 2.21 bits per heavy atom. The summed E-state index contributed by atoms with van der Waals surface area (Å²) in [5.74, 6) is 1.25. The van der Waals surface area contributed by atoms with E-state index in [9.17, 15) is 4.79 Å². The SMILES string of the molecule is CC(C)C(=O)N1CC[C@H]2CCNC[C@H]21. The molecular formula is C11H20N2O. The summed E-state index contributed by atoms with van der Waals surface area (Å²) in [6.45, 7) is 7.10. The maximum absolute atomic E-state index is 11.9. The molecule has 2 saturated heterocycles. The van der Waals surface area contributed by atoms with E-state index >= 15 is 0 Å². The minimum atomic E-state index is 0.149. The minimum absolute atomic E-state index is 0.149. The number of piperidine rings is 1. The summed E-state index contributed by atoms with van der Waals surface area (Å²) in [6, 6.07) is 0.485. The molecule has 0 unspecified atom stereocenters. The molecule has 0 radical (unpaired) electrons. The van der Waals surface area contributed by atoms with Gasteiger partial charge in [0.1, 0.15) is 0 Å². The number of hydrogen-bond acceptors (Lipinski definition) is 2. The molecule has 2 atom stereocenters. The molecule has 0 spiro atoms. The van der Waals surface area contributed by atoms with E-state index in [4.69, 9.17) is 0 Å².